The van der Waals surface area contributed by atoms with E-state index in [0.29, 0.717) is 0 Å². The molecule has 2 nitrogen and oxygen atoms in total. The third kappa shape index (κ3) is 7.14. The van der Waals surface area contributed by atoms with Crippen molar-refractivity contribution in [3.63, 3.8) is 0 Å². The molecular weight excluding hydrogens is 210 g/mol. The molecule has 0 saturated carbocycles. The lowest BCUT2D eigenvalue weighted by Gasteiger charge is -2.20. The van der Waals surface area contributed by atoms with E-state index in [1.165, 1.54) is 11.1 Å². The van der Waals surface area contributed by atoms with Crippen LogP contribution < -0.4 is 5.32 Å². The Bertz CT molecular complexity index is 311. The Morgan fingerprint density at radius 2 is 1.71 bits per heavy atom. The average molecular weight is 235 g/mol. The van der Waals surface area contributed by atoms with Gasteiger partial charge in [0.05, 0.1) is 13.2 Å². The van der Waals surface area contributed by atoms with Gasteiger partial charge in [-0.25, -0.2) is 0 Å². The van der Waals surface area contributed by atoms with Gasteiger partial charge in [0.25, 0.3) is 0 Å². The van der Waals surface area contributed by atoms with Crippen molar-refractivity contribution >= 4 is 0 Å². The van der Waals surface area contributed by atoms with Crippen molar-refractivity contribution in [1.82, 2.24) is 5.32 Å². The lowest BCUT2D eigenvalue weighted by molar-refractivity contribution is 0.133. The molecule has 1 N–H and O–H groups in total. The van der Waals surface area contributed by atoms with Gasteiger partial charge in [-0.15, -0.1) is 0 Å². The molecule has 0 aliphatic heterocycles. The first-order valence-electron chi connectivity index (χ1n) is 6.36. The van der Waals surface area contributed by atoms with Crippen LogP contribution in [-0.4, -0.2) is 25.3 Å². The van der Waals surface area contributed by atoms with E-state index in [-0.39, 0.29) is 5.54 Å². The Hall–Kier alpha value is -0.860. The second-order valence-electron chi connectivity index (χ2n) is 5.52. The van der Waals surface area contributed by atoms with Crippen molar-refractivity contribution < 1.29 is 4.74 Å². The fraction of sp³-hybridized carbons (Fsp3) is 0.600. The number of ether oxygens (including phenoxy) is 1. The number of benzene rings is 1. The van der Waals surface area contributed by atoms with Crippen molar-refractivity contribution in [2.24, 2.45) is 0 Å². The van der Waals surface area contributed by atoms with Crippen molar-refractivity contribution in [2.45, 2.75) is 39.7 Å². The van der Waals surface area contributed by atoms with Gasteiger partial charge in [-0.2, -0.15) is 0 Å². The molecule has 0 fully saturated rings. The van der Waals surface area contributed by atoms with Crippen LogP contribution in [0.3, 0.4) is 0 Å². The third-order valence-corrected chi connectivity index (χ3v) is 2.56. The second-order valence-corrected chi connectivity index (χ2v) is 5.52. The molecule has 96 valence electrons. The molecule has 0 unspecified atom stereocenters. The second kappa shape index (κ2) is 6.77. The third-order valence-electron chi connectivity index (χ3n) is 2.56. The van der Waals surface area contributed by atoms with Crippen LogP contribution in [0.5, 0.6) is 0 Å². The molecule has 1 aromatic carbocycles. The SMILES string of the molecule is Cc1ccc(CCOCCNC(C)(C)C)cc1. The average Bonchev–Trinajstić information content (AvgIpc) is 2.24. The molecule has 0 aliphatic carbocycles. The molecule has 1 rings (SSSR count). The topological polar surface area (TPSA) is 21.3 Å². The van der Waals surface area contributed by atoms with Gasteiger partial charge in [-0.05, 0) is 39.7 Å². The van der Waals surface area contributed by atoms with Gasteiger partial charge in [0.2, 0.25) is 0 Å². The Morgan fingerprint density at radius 1 is 1.06 bits per heavy atom. The number of rotatable bonds is 6. The summed E-state index contributed by atoms with van der Waals surface area (Å²) in [6.45, 7) is 11.1. The van der Waals surface area contributed by atoms with Gasteiger partial charge < -0.3 is 10.1 Å². The van der Waals surface area contributed by atoms with E-state index in [0.717, 1.165) is 26.2 Å². The van der Waals surface area contributed by atoms with Gasteiger partial charge in [-0.1, -0.05) is 29.8 Å². The highest BCUT2D eigenvalue weighted by atomic mass is 16.5. The van der Waals surface area contributed by atoms with Crippen molar-refractivity contribution in [3.05, 3.63) is 35.4 Å². The molecule has 1 aromatic rings. The lowest BCUT2D eigenvalue weighted by atomic mass is 10.1. The number of hydrogen-bond acceptors (Lipinski definition) is 2. The maximum absolute atomic E-state index is 5.60. The number of nitrogens with one attached hydrogen (secondary N) is 1. The summed E-state index contributed by atoms with van der Waals surface area (Å²) in [5, 5.41) is 3.40. The van der Waals surface area contributed by atoms with E-state index in [4.69, 9.17) is 4.74 Å². The minimum atomic E-state index is 0.181. The summed E-state index contributed by atoms with van der Waals surface area (Å²) in [4.78, 5) is 0. The molecule has 0 bridgehead atoms. The monoisotopic (exact) mass is 235 g/mol. The largest absolute Gasteiger partial charge is 0.380 e. The predicted molar refractivity (Wildman–Crippen MR) is 73.5 cm³/mol. The smallest absolute Gasteiger partial charge is 0.0591 e. The maximum Gasteiger partial charge on any atom is 0.0591 e. The summed E-state index contributed by atoms with van der Waals surface area (Å²) in [7, 11) is 0. The quantitative estimate of drug-likeness (QED) is 0.765. The van der Waals surface area contributed by atoms with Crippen molar-refractivity contribution in [2.75, 3.05) is 19.8 Å². The zero-order valence-corrected chi connectivity index (χ0v) is 11.5. The molecular formula is C15H25NO. The standard InChI is InChI=1S/C15H25NO/c1-13-5-7-14(8-6-13)9-11-17-12-10-16-15(2,3)4/h5-8,16H,9-12H2,1-4H3. The Morgan fingerprint density at radius 3 is 2.29 bits per heavy atom. The van der Waals surface area contributed by atoms with Gasteiger partial charge in [0, 0.05) is 12.1 Å². The summed E-state index contributed by atoms with van der Waals surface area (Å²) >= 11 is 0. The highest BCUT2D eigenvalue weighted by Crippen LogP contribution is 2.03. The van der Waals surface area contributed by atoms with Crippen LogP contribution in [-0.2, 0) is 11.2 Å². The van der Waals surface area contributed by atoms with Gasteiger partial charge in [0.1, 0.15) is 0 Å². The highest BCUT2D eigenvalue weighted by molar-refractivity contribution is 5.21. The lowest BCUT2D eigenvalue weighted by Crippen LogP contribution is -2.38. The zero-order valence-electron chi connectivity index (χ0n) is 11.5. The summed E-state index contributed by atoms with van der Waals surface area (Å²) in [5.74, 6) is 0. The van der Waals surface area contributed by atoms with Gasteiger partial charge in [-0.3, -0.25) is 0 Å². The van der Waals surface area contributed by atoms with E-state index in [1.807, 2.05) is 0 Å². The molecule has 0 atom stereocenters. The van der Waals surface area contributed by atoms with E-state index >= 15 is 0 Å². The van der Waals surface area contributed by atoms with Crippen LogP contribution in [0.25, 0.3) is 0 Å². The molecule has 0 amide bonds. The fourth-order valence-electron chi connectivity index (χ4n) is 1.55. The van der Waals surface area contributed by atoms with E-state index in [1.54, 1.807) is 0 Å². The van der Waals surface area contributed by atoms with Crippen molar-refractivity contribution in [1.29, 1.82) is 0 Å². The summed E-state index contributed by atoms with van der Waals surface area (Å²) < 4.78 is 5.60. The molecule has 0 saturated heterocycles. The zero-order chi connectivity index (χ0) is 12.7. The molecule has 0 radical (unpaired) electrons. The minimum absolute atomic E-state index is 0.181. The molecule has 2 heteroatoms. The Kier molecular flexibility index (Phi) is 5.66. The van der Waals surface area contributed by atoms with Gasteiger partial charge >= 0.3 is 0 Å². The number of aryl methyl sites for hydroxylation is 1. The first kappa shape index (κ1) is 14.2. The van der Waals surface area contributed by atoms with Crippen LogP contribution in [0.1, 0.15) is 31.9 Å². The van der Waals surface area contributed by atoms with E-state index in [2.05, 4.69) is 57.3 Å². The normalized spacial score (nSPS) is 11.8. The van der Waals surface area contributed by atoms with Crippen LogP contribution in [0, 0.1) is 6.92 Å². The molecule has 0 spiro atoms. The molecule has 17 heavy (non-hydrogen) atoms. The van der Waals surface area contributed by atoms with E-state index in [9.17, 15) is 0 Å². The first-order valence-corrected chi connectivity index (χ1v) is 6.36. The van der Waals surface area contributed by atoms with E-state index < -0.39 is 0 Å². The minimum Gasteiger partial charge on any atom is -0.380 e. The number of hydrogen-bond donors (Lipinski definition) is 1. The van der Waals surface area contributed by atoms with Crippen molar-refractivity contribution in [3.8, 4) is 0 Å². The highest BCUT2D eigenvalue weighted by Gasteiger charge is 2.06. The predicted octanol–water partition coefficient (Wildman–Crippen LogP) is 2.94. The first-order chi connectivity index (χ1) is 7.97. The maximum atomic E-state index is 5.60. The Balaban J connectivity index is 2.07. The van der Waals surface area contributed by atoms with Gasteiger partial charge in [0.15, 0.2) is 0 Å². The summed E-state index contributed by atoms with van der Waals surface area (Å²) in [6, 6.07) is 8.64. The molecule has 0 aliphatic rings. The van der Waals surface area contributed by atoms with Crippen LogP contribution >= 0.6 is 0 Å². The summed E-state index contributed by atoms with van der Waals surface area (Å²) in [5.41, 5.74) is 2.84. The molecule has 0 heterocycles. The van der Waals surface area contributed by atoms with Crippen LogP contribution in [0.15, 0.2) is 24.3 Å². The Labute approximate surface area is 105 Å². The fourth-order valence-corrected chi connectivity index (χ4v) is 1.55. The molecule has 0 aromatic heterocycles. The summed E-state index contributed by atoms with van der Waals surface area (Å²) in [6.07, 6.45) is 0.996. The van der Waals surface area contributed by atoms with Crippen LogP contribution in [0.4, 0.5) is 0 Å². The van der Waals surface area contributed by atoms with Crippen LogP contribution in [0.2, 0.25) is 0 Å².